The van der Waals surface area contributed by atoms with Crippen molar-refractivity contribution in [3.63, 3.8) is 0 Å². The summed E-state index contributed by atoms with van der Waals surface area (Å²) in [5.41, 5.74) is 3.83. The molecule has 1 amide bonds. The molecule has 0 aliphatic carbocycles. The first kappa shape index (κ1) is 17.4. The molecule has 0 aliphatic rings. The Hall–Kier alpha value is -3.40. The van der Waals surface area contributed by atoms with Gasteiger partial charge in [-0.1, -0.05) is 35.4 Å². The molecule has 0 saturated heterocycles. The van der Waals surface area contributed by atoms with E-state index in [1.807, 2.05) is 50.2 Å². The molecule has 0 radical (unpaired) electrons. The first-order valence-corrected chi connectivity index (χ1v) is 8.28. The third-order valence-electron chi connectivity index (χ3n) is 3.89. The van der Waals surface area contributed by atoms with E-state index >= 15 is 0 Å². The highest BCUT2D eigenvalue weighted by molar-refractivity contribution is 6.04. The number of rotatable bonds is 4. The summed E-state index contributed by atoms with van der Waals surface area (Å²) in [5.74, 6) is -0.251. The first-order valence-electron chi connectivity index (χ1n) is 8.28. The minimum Gasteiger partial charge on any atom is -0.423 e. The van der Waals surface area contributed by atoms with Crippen molar-refractivity contribution in [2.24, 2.45) is 0 Å². The fourth-order valence-electron chi connectivity index (χ4n) is 2.45. The number of carbonyl (C=O) groups excluding carboxylic acids is 2. The smallest absolute Gasteiger partial charge is 0.343 e. The lowest BCUT2D eigenvalue weighted by atomic mass is 10.1. The van der Waals surface area contributed by atoms with Crippen LogP contribution in [-0.4, -0.2) is 11.9 Å². The normalized spacial score (nSPS) is 10.2. The van der Waals surface area contributed by atoms with E-state index < -0.39 is 5.97 Å². The maximum Gasteiger partial charge on any atom is 0.343 e. The molecule has 0 heterocycles. The summed E-state index contributed by atoms with van der Waals surface area (Å²) in [6.45, 7) is 3.90. The van der Waals surface area contributed by atoms with Gasteiger partial charge in [0.15, 0.2) is 0 Å². The van der Waals surface area contributed by atoms with Crippen LogP contribution >= 0.6 is 0 Å². The molecule has 26 heavy (non-hydrogen) atoms. The molecule has 3 aromatic carbocycles. The van der Waals surface area contributed by atoms with E-state index in [4.69, 9.17) is 4.74 Å². The fourth-order valence-corrected chi connectivity index (χ4v) is 2.45. The van der Waals surface area contributed by atoms with Crippen molar-refractivity contribution in [1.82, 2.24) is 0 Å². The topological polar surface area (TPSA) is 55.4 Å². The maximum absolute atomic E-state index is 12.3. The van der Waals surface area contributed by atoms with E-state index in [0.717, 1.165) is 16.8 Å². The van der Waals surface area contributed by atoms with Crippen LogP contribution in [0.3, 0.4) is 0 Å². The Kier molecular flexibility index (Phi) is 5.13. The molecule has 0 atom stereocenters. The summed E-state index contributed by atoms with van der Waals surface area (Å²) in [7, 11) is 0. The van der Waals surface area contributed by atoms with Crippen LogP contribution in [0.4, 0.5) is 5.69 Å². The van der Waals surface area contributed by atoms with Crippen LogP contribution in [0.1, 0.15) is 31.8 Å². The summed E-state index contributed by atoms with van der Waals surface area (Å²) in [4.78, 5) is 24.4. The Morgan fingerprint density at radius 1 is 0.769 bits per heavy atom. The van der Waals surface area contributed by atoms with Gasteiger partial charge in [-0.2, -0.15) is 0 Å². The molecule has 4 heteroatoms. The molecule has 0 aliphatic heterocycles. The second-order valence-electron chi connectivity index (χ2n) is 6.10. The van der Waals surface area contributed by atoms with Gasteiger partial charge in [0.05, 0.1) is 5.56 Å². The number of hydrogen-bond acceptors (Lipinski definition) is 3. The van der Waals surface area contributed by atoms with E-state index in [-0.39, 0.29) is 5.91 Å². The predicted molar refractivity (Wildman–Crippen MR) is 102 cm³/mol. The first-order chi connectivity index (χ1) is 12.5. The molecule has 0 unspecified atom stereocenters. The van der Waals surface area contributed by atoms with Crippen LogP contribution in [0, 0.1) is 13.8 Å². The molecular weight excluding hydrogens is 326 g/mol. The quantitative estimate of drug-likeness (QED) is 0.547. The Morgan fingerprint density at radius 2 is 1.46 bits per heavy atom. The van der Waals surface area contributed by atoms with Crippen molar-refractivity contribution in [2.75, 3.05) is 5.32 Å². The summed E-state index contributed by atoms with van der Waals surface area (Å²) in [6.07, 6.45) is 0. The fraction of sp³-hybridized carbons (Fsp3) is 0.0909. The zero-order chi connectivity index (χ0) is 18.5. The van der Waals surface area contributed by atoms with Crippen LogP contribution < -0.4 is 10.1 Å². The Morgan fingerprint density at radius 3 is 2.12 bits per heavy atom. The monoisotopic (exact) mass is 345 g/mol. The highest BCUT2D eigenvalue weighted by atomic mass is 16.5. The second kappa shape index (κ2) is 7.66. The number of esters is 1. The van der Waals surface area contributed by atoms with E-state index in [1.165, 1.54) is 0 Å². The minimum atomic E-state index is -0.425. The highest BCUT2D eigenvalue weighted by Crippen LogP contribution is 2.16. The Balaban J connectivity index is 1.65. The van der Waals surface area contributed by atoms with Crippen molar-refractivity contribution in [3.05, 3.63) is 95.1 Å². The number of ether oxygens (including phenoxy) is 1. The Bertz CT molecular complexity index is 928. The zero-order valence-corrected chi connectivity index (χ0v) is 14.7. The number of benzene rings is 3. The molecule has 0 saturated carbocycles. The molecule has 0 spiro atoms. The van der Waals surface area contributed by atoms with Gasteiger partial charge < -0.3 is 10.1 Å². The lowest BCUT2D eigenvalue weighted by Gasteiger charge is -2.08. The molecular formula is C22H19NO3. The van der Waals surface area contributed by atoms with Crippen molar-refractivity contribution in [3.8, 4) is 5.75 Å². The predicted octanol–water partition coefficient (Wildman–Crippen LogP) is 4.77. The third kappa shape index (κ3) is 4.36. The van der Waals surface area contributed by atoms with Gasteiger partial charge in [0.25, 0.3) is 5.91 Å². The third-order valence-corrected chi connectivity index (χ3v) is 3.89. The number of hydrogen-bond donors (Lipinski definition) is 1. The van der Waals surface area contributed by atoms with Crippen LogP contribution in [0.15, 0.2) is 72.8 Å². The lowest BCUT2D eigenvalue weighted by molar-refractivity contribution is 0.0734. The van der Waals surface area contributed by atoms with Crippen molar-refractivity contribution in [2.45, 2.75) is 13.8 Å². The van der Waals surface area contributed by atoms with Crippen LogP contribution in [0.2, 0.25) is 0 Å². The summed E-state index contributed by atoms with van der Waals surface area (Å²) < 4.78 is 5.35. The number of anilines is 1. The van der Waals surface area contributed by atoms with Gasteiger partial charge in [0.1, 0.15) is 5.75 Å². The number of carbonyl (C=O) groups is 2. The second-order valence-corrected chi connectivity index (χ2v) is 6.10. The SMILES string of the molecule is Cc1ccc(NC(=O)c2ccc(OC(=O)c3cccc(C)c3)cc2)cc1. The minimum absolute atomic E-state index is 0.217. The van der Waals surface area contributed by atoms with Gasteiger partial charge in [0, 0.05) is 11.3 Å². The number of amides is 1. The van der Waals surface area contributed by atoms with Gasteiger partial charge >= 0.3 is 5.97 Å². The molecule has 0 aromatic heterocycles. The van der Waals surface area contributed by atoms with Gasteiger partial charge in [-0.25, -0.2) is 4.79 Å². The average molecular weight is 345 g/mol. The Labute approximate surface area is 152 Å². The average Bonchev–Trinajstić information content (AvgIpc) is 2.64. The van der Waals surface area contributed by atoms with Gasteiger partial charge in [-0.3, -0.25) is 4.79 Å². The zero-order valence-electron chi connectivity index (χ0n) is 14.7. The summed E-state index contributed by atoms with van der Waals surface area (Å²) in [6, 6.07) is 21.2. The largest absolute Gasteiger partial charge is 0.423 e. The van der Waals surface area contributed by atoms with Gasteiger partial charge in [-0.05, 0) is 62.4 Å². The summed E-state index contributed by atoms with van der Waals surface area (Å²) in [5, 5.41) is 2.83. The van der Waals surface area contributed by atoms with E-state index in [2.05, 4.69) is 5.32 Å². The van der Waals surface area contributed by atoms with Gasteiger partial charge in [-0.15, -0.1) is 0 Å². The molecule has 0 fully saturated rings. The molecule has 0 bridgehead atoms. The van der Waals surface area contributed by atoms with E-state index in [0.29, 0.717) is 16.9 Å². The van der Waals surface area contributed by atoms with Crippen molar-refractivity contribution in [1.29, 1.82) is 0 Å². The van der Waals surface area contributed by atoms with Crippen LogP contribution in [0.25, 0.3) is 0 Å². The van der Waals surface area contributed by atoms with Crippen molar-refractivity contribution < 1.29 is 14.3 Å². The number of aryl methyl sites for hydroxylation is 2. The van der Waals surface area contributed by atoms with Gasteiger partial charge in [0.2, 0.25) is 0 Å². The molecule has 1 N–H and O–H groups in total. The van der Waals surface area contributed by atoms with Crippen LogP contribution in [0.5, 0.6) is 5.75 Å². The molecule has 4 nitrogen and oxygen atoms in total. The van der Waals surface area contributed by atoms with Crippen LogP contribution in [-0.2, 0) is 0 Å². The molecule has 3 aromatic rings. The van der Waals surface area contributed by atoms with E-state index in [9.17, 15) is 9.59 Å². The maximum atomic E-state index is 12.3. The number of nitrogens with one attached hydrogen (secondary N) is 1. The van der Waals surface area contributed by atoms with Crippen molar-refractivity contribution >= 4 is 17.6 Å². The molecule has 3 rings (SSSR count). The summed E-state index contributed by atoms with van der Waals surface area (Å²) >= 11 is 0. The highest BCUT2D eigenvalue weighted by Gasteiger charge is 2.10. The van der Waals surface area contributed by atoms with E-state index in [1.54, 1.807) is 36.4 Å². The molecule has 130 valence electrons. The lowest BCUT2D eigenvalue weighted by Crippen LogP contribution is -2.12. The standard InChI is InChI=1S/C22H19NO3/c1-15-6-10-19(11-7-15)23-21(24)17-8-12-20(13-9-17)26-22(25)18-5-3-4-16(2)14-18/h3-14H,1-2H3,(H,23,24).